The molecule has 1 aromatic rings. The van der Waals surface area contributed by atoms with E-state index in [0.29, 0.717) is 13.1 Å². The van der Waals surface area contributed by atoms with Gasteiger partial charge in [-0.15, -0.1) is 0 Å². The summed E-state index contributed by atoms with van der Waals surface area (Å²) in [5.41, 5.74) is -1.89. The highest BCUT2D eigenvalue weighted by atomic mass is 19.4. The quantitative estimate of drug-likeness (QED) is 0.738. The van der Waals surface area contributed by atoms with Crippen LogP contribution >= 0.6 is 0 Å². The summed E-state index contributed by atoms with van der Waals surface area (Å²) in [6, 6.07) is 4.14. The van der Waals surface area contributed by atoms with Crippen LogP contribution < -0.4 is 5.32 Å². The van der Waals surface area contributed by atoms with Gasteiger partial charge in [0, 0.05) is 18.8 Å². The highest BCUT2D eigenvalue weighted by Crippen LogP contribution is 2.30. The van der Waals surface area contributed by atoms with Crippen molar-refractivity contribution < 1.29 is 22.8 Å². The van der Waals surface area contributed by atoms with Crippen LogP contribution in [0.1, 0.15) is 46.1 Å². The van der Waals surface area contributed by atoms with Crippen LogP contribution in [-0.4, -0.2) is 29.8 Å². The molecular formula is C18H25F3N2O2. The second-order valence-electron chi connectivity index (χ2n) is 6.45. The molecule has 1 rings (SSSR count). The van der Waals surface area contributed by atoms with Crippen molar-refractivity contribution in [1.82, 2.24) is 4.90 Å². The number of anilines is 1. The predicted molar refractivity (Wildman–Crippen MR) is 91.0 cm³/mol. The van der Waals surface area contributed by atoms with Crippen molar-refractivity contribution in [2.45, 2.75) is 46.7 Å². The molecule has 140 valence electrons. The molecule has 0 aromatic heterocycles. The van der Waals surface area contributed by atoms with Crippen molar-refractivity contribution in [3.63, 3.8) is 0 Å². The molecule has 7 heteroatoms. The number of rotatable bonds is 7. The lowest BCUT2D eigenvalue weighted by Gasteiger charge is -2.30. The Morgan fingerprint density at radius 2 is 1.48 bits per heavy atom. The molecule has 0 aliphatic carbocycles. The van der Waals surface area contributed by atoms with Crippen LogP contribution in [0, 0.1) is 5.41 Å². The lowest BCUT2D eigenvalue weighted by atomic mass is 9.90. The molecule has 0 aliphatic rings. The first-order valence-corrected chi connectivity index (χ1v) is 8.32. The van der Waals surface area contributed by atoms with Crippen LogP contribution in [-0.2, 0) is 15.8 Å². The first-order chi connectivity index (χ1) is 11.5. The maximum Gasteiger partial charge on any atom is 0.416 e. The van der Waals surface area contributed by atoms with Crippen molar-refractivity contribution in [2.75, 3.05) is 18.4 Å². The van der Waals surface area contributed by atoms with E-state index in [1.54, 1.807) is 4.90 Å². The maximum absolute atomic E-state index is 12.7. The Morgan fingerprint density at radius 3 is 1.88 bits per heavy atom. The number of carbonyl (C=O) groups excluding carboxylic acids is 2. The zero-order valence-electron chi connectivity index (χ0n) is 15.0. The van der Waals surface area contributed by atoms with Gasteiger partial charge in [-0.05, 0) is 51.0 Å². The molecule has 25 heavy (non-hydrogen) atoms. The Morgan fingerprint density at radius 1 is 1.00 bits per heavy atom. The van der Waals surface area contributed by atoms with Gasteiger partial charge in [-0.3, -0.25) is 9.59 Å². The van der Waals surface area contributed by atoms with Crippen LogP contribution in [0.15, 0.2) is 24.3 Å². The fourth-order valence-electron chi connectivity index (χ4n) is 2.38. The van der Waals surface area contributed by atoms with E-state index in [0.717, 1.165) is 25.0 Å². The molecule has 0 saturated heterocycles. The Kier molecular flexibility index (Phi) is 7.02. The van der Waals surface area contributed by atoms with Gasteiger partial charge in [0.15, 0.2) is 0 Å². The number of hydrogen-bond acceptors (Lipinski definition) is 2. The van der Waals surface area contributed by atoms with Gasteiger partial charge < -0.3 is 10.2 Å². The number of halogens is 3. The molecule has 0 heterocycles. The minimum absolute atomic E-state index is 0.219. The molecule has 0 radical (unpaired) electrons. The summed E-state index contributed by atoms with van der Waals surface area (Å²) in [5.74, 6) is -0.838. The number of hydrogen-bond donors (Lipinski definition) is 1. The van der Waals surface area contributed by atoms with Crippen molar-refractivity contribution >= 4 is 17.5 Å². The topological polar surface area (TPSA) is 49.4 Å². The van der Waals surface area contributed by atoms with Gasteiger partial charge in [0.1, 0.15) is 5.41 Å². The van der Waals surface area contributed by atoms with Crippen molar-refractivity contribution in [3.05, 3.63) is 29.8 Å². The fourth-order valence-corrected chi connectivity index (χ4v) is 2.38. The molecule has 1 N–H and O–H groups in total. The summed E-state index contributed by atoms with van der Waals surface area (Å²) in [4.78, 5) is 26.8. The lowest BCUT2D eigenvalue weighted by molar-refractivity contribution is -0.146. The van der Waals surface area contributed by atoms with Crippen molar-refractivity contribution in [1.29, 1.82) is 0 Å². The SMILES string of the molecule is CCCN(CCC)C(=O)C(C)(C)C(=O)Nc1ccc(C(F)(F)F)cc1. The zero-order chi connectivity index (χ0) is 19.3. The Labute approximate surface area is 146 Å². The highest BCUT2D eigenvalue weighted by Gasteiger charge is 2.39. The van der Waals surface area contributed by atoms with Crippen LogP contribution in [0.2, 0.25) is 0 Å². The number of nitrogens with zero attached hydrogens (tertiary/aromatic N) is 1. The van der Waals surface area contributed by atoms with Crippen LogP contribution in [0.25, 0.3) is 0 Å². The summed E-state index contributed by atoms with van der Waals surface area (Å²) in [6.45, 7) is 8.06. The molecule has 0 fully saturated rings. The van der Waals surface area contributed by atoms with E-state index in [4.69, 9.17) is 0 Å². The third-order valence-corrected chi connectivity index (χ3v) is 3.85. The smallest absolute Gasteiger partial charge is 0.342 e. The third-order valence-electron chi connectivity index (χ3n) is 3.85. The highest BCUT2D eigenvalue weighted by molar-refractivity contribution is 6.09. The molecule has 0 saturated carbocycles. The van der Waals surface area contributed by atoms with Gasteiger partial charge in [0.25, 0.3) is 0 Å². The van der Waals surface area contributed by atoms with Gasteiger partial charge in [-0.1, -0.05) is 13.8 Å². The van der Waals surface area contributed by atoms with Gasteiger partial charge in [-0.25, -0.2) is 0 Å². The molecule has 4 nitrogen and oxygen atoms in total. The monoisotopic (exact) mass is 358 g/mol. The first kappa shape index (κ1) is 21.0. The Bertz CT molecular complexity index is 589. The summed E-state index contributed by atoms with van der Waals surface area (Å²) >= 11 is 0. The molecule has 0 unspecified atom stereocenters. The number of amides is 2. The minimum Gasteiger partial charge on any atom is -0.342 e. The molecule has 0 aliphatic heterocycles. The molecule has 0 spiro atoms. The minimum atomic E-state index is -4.43. The van der Waals surface area contributed by atoms with Gasteiger partial charge in [0.05, 0.1) is 5.56 Å². The molecule has 0 atom stereocenters. The van der Waals surface area contributed by atoms with E-state index in [1.165, 1.54) is 26.0 Å². The van der Waals surface area contributed by atoms with E-state index in [2.05, 4.69) is 5.32 Å². The third kappa shape index (κ3) is 5.47. The van der Waals surface area contributed by atoms with E-state index < -0.39 is 23.1 Å². The van der Waals surface area contributed by atoms with Crippen LogP contribution in [0.4, 0.5) is 18.9 Å². The van der Waals surface area contributed by atoms with E-state index in [9.17, 15) is 22.8 Å². The normalized spacial score (nSPS) is 12.0. The number of alkyl halides is 3. The van der Waals surface area contributed by atoms with Crippen molar-refractivity contribution in [3.8, 4) is 0 Å². The lowest BCUT2D eigenvalue weighted by Crippen LogP contribution is -2.47. The van der Waals surface area contributed by atoms with Gasteiger partial charge in [0.2, 0.25) is 11.8 Å². The van der Waals surface area contributed by atoms with Gasteiger partial charge >= 0.3 is 6.18 Å². The largest absolute Gasteiger partial charge is 0.416 e. The standard InChI is InChI=1S/C18H25F3N2O2/c1-5-11-23(12-6-2)16(25)17(3,4)15(24)22-14-9-7-13(8-10-14)18(19,20)21/h7-10H,5-6,11-12H2,1-4H3,(H,22,24). The van der Waals surface area contributed by atoms with Crippen LogP contribution in [0.5, 0.6) is 0 Å². The fraction of sp³-hybridized carbons (Fsp3) is 0.556. The number of nitrogens with one attached hydrogen (secondary N) is 1. The average Bonchev–Trinajstić information content (AvgIpc) is 2.53. The molecule has 0 bridgehead atoms. The van der Waals surface area contributed by atoms with E-state index in [-0.39, 0.29) is 11.6 Å². The van der Waals surface area contributed by atoms with Crippen LogP contribution in [0.3, 0.4) is 0 Å². The van der Waals surface area contributed by atoms with E-state index >= 15 is 0 Å². The molecule has 2 amide bonds. The first-order valence-electron chi connectivity index (χ1n) is 8.32. The van der Waals surface area contributed by atoms with E-state index in [1.807, 2.05) is 13.8 Å². The summed E-state index contributed by atoms with van der Waals surface area (Å²) in [7, 11) is 0. The summed E-state index contributed by atoms with van der Waals surface area (Å²) in [5, 5.41) is 2.53. The number of carbonyl (C=O) groups is 2. The summed E-state index contributed by atoms with van der Waals surface area (Å²) in [6.07, 6.45) is -2.87. The average molecular weight is 358 g/mol. The zero-order valence-corrected chi connectivity index (χ0v) is 15.0. The second kappa shape index (κ2) is 8.36. The molecule has 1 aromatic carbocycles. The second-order valence-corrected chi connectivity index (χ2v) is 6.45. The van der Waals surface area contributed by atoms with Gasteiger partial charge in [-0.2, -0.15) is 13.2 Å². The Balaban J connectivity index is 2.88. The molecular weight excluding hydrogens is 333 g/mol. The van der Waals surface area contributed by atoms with Crippen molar-refractivity contribution in [2.24, 2.45) is 5.41 Å². The maximum atomic E-state index is 12.7. The summed E-state index contributed by atoms with van der Waals surface area (Å²) < 4.78 is 37.7. The predicted octanol–water partition coefficient (Wildman–Crippen LogP) is 4.32. The Hall–Kier alpha value is -2.05. The number of benzene rings is 1.